The van der Waals surface area contributed by atoms with Crippen molar-refractivity contribution in [2.75, 3.05) is 0 Å². The second kappa shape index (κ2) is 6.58. The SMILES string of the molecule is Cc1cccc(C2(F)CC(c3noc(Cn4cnc5ncccc5c4=O)n3)C2)c1. The molecule has 7 nitrogen and oxygen atoms in total. The molecule has 1 aromatic carbocycles. The minimum atomic E-state index is -1.36. The first-order valence-corrected chi connectivity index (χ1v) is 9.40. The maximum atomic E-state index is 15.2. The summed E-state index contributed by atoms with van der Waals surface area (Å²) < 4.78 is 21.9. The molecule has 0 unspecified atom stereocenters. The molecule has 3 heterocycles. The Labute approximate surface area is 165 Å². The van der Waals surface area contributed by atoms with Crippen molar-refractivity contribution in [1.29, 1.82) is 0 Å². The lowest BCUT2D eigenvalue weighted by molar-refractivity contribution is 0.0335. The van der Waals surface area contributed by atoms with Gasteiger partial charge in [0, 0.05) is 12.1 Å². The summed E-state index contributed by atoms with van der Waals surface area (Å²) in [6.45, 7) is 2.06. The normalized spacial score (nSPS) is 21.2. The quantitative estimate of drug-likeness (QED) is 0.531. The third-order valence-electron chi connectivity index (χ3n) is 5.43. The lowest BCUT2D eigenvalue weighted by Gasteiger charge is -2.40. The Bertz CT molecular complexity index is 1260. The topological polar surface area (TPSA) is 86.7 Å². The van der Waals surface area contributed by atoms with Gasteiger partial charge in [0.15, 0.2) is 11.5 Å². The van der Waals surface area contributed by atoms with Crippen LogP contribution in [0.2, 0.25) is 0 Å². The lowest BCUT2D eigenvalue weighted by atomic mass is 9.68. The molecule has 0 atom stereocenters. The summed E-state index contributed by atoms with van der Waals surface area (Å²) in [4.78, 5) is 25.2. The van der Waals surface area contributed by atoms with E-state index < -0.39 is 5.67 Å². The molecule has 1 aliphatic carbocycles. The van der Waals surface area contributed by atoms with E-state index in [1.54, 1.807) is 18.3 Å². The molecule has 3 aromatic heterocycles. The number of halogens is 1. The van der Waals surface area contributed by atoms with Crippen LogP contribution in [-0.4, -0.2) is 24.7 Å². The Balaban J connectivity index is 1.32. The zero-order chi connectivity index (χ0) is 20.0. The third-order valence-corrected chi connectivity index (χ3v) is 5.43. The second-order valence-electron chi connectivity index (χ2n) is 7.54. The van der Waals surface area contributed by atoms with Crippen LogP contribution in [0.25, 0.3) is 11.0 Å². The van der Waals surface area contributed by atoms with Crippen LogP contribution in [0.15, 0.2) is 58.2 Å². The zero-order valence-electron chi connectivity index (χ0n) is 15.7. The number of nitrogens with zero attached hydrogens (tertiary/aromatic N) is 5. The standard InChI is InChI=1S/C21H18FN5O2/c1-13-4-2-5-15(8-13)21(22)9-14(10-21)18-25-17(29-26-18)11-27-12-24-19-16(20(27)28)6-3-7-23-19/h2-8,12,14H,9-11H2,1H3. The number of aryl methyl sites for hydroxylation is 1. The van der Waals surface area contributed by atoms with E-state index in [1.807, 2.05) is 31.2 Å². The minimum absolute atomic E-state index is 0.103. The van der Waals surface area contributed by atoms with Crippen LogP contribution < -0.4 is 5.56 Å². The van der Waals surface area contributed by atoms with Crippen molar-refractivity contribution in [3.63, 3.8) is 0 Å². The molecular formula is C21H18FN5O2. The molecule has 0 saturated heterocycles. The van der Waals surface area contributed by atoms with Crippen LogP contribution in [-0.2, 0) is 12.2 Å². The number of hydrogen-bond acceptors (Lipinski definition) is 6. The number of hydrogen-bond donors (Lipinski definition) is 0. The van der Waals surface area contributed by atoms with E-state index in [-0.39, 0.29) is 18.0 Å². The molecule has 0 N–H and O–H groups in total. The van der Waals surface area contributed by atoms with Gasteiger partial charge in [0.25, 0.3) is 5.56 Å². The van der Waals surface area contributed by atoms with E-state index >= 15 is 4.39 Å². The van der Waals surface area contributed by atoms with Gasteiger partial charge in [0.05, 0.1) is 5.39 Å². The zero-order valence-corrected chi connectivity index (χ0v) is 15.7. The average Bonchev–Trinajstić information content (AvgIpc) is 3.16. The molecule has 8 heteroatoms. The van der Waals surface area contributed by atoms with Gasteiger partial charge in [0.2, 0.25) is 5.89 Å². The summed E-state index contributed by atoms with van der Waals surface area (Å²) in [6.07, 6.45) is 3.63. The van der Waals surface area contributed by atoms with Gasteiger partial charge in [-0.2, -0.15) is 4.98 Å². The van der Waals surface area contributed by atoms with Crippen molar-refractivity contribution >= 4 is 11.0 Å². The lowest BCUT2D eigenvalue weighted by Crippen LogP contribution is -2.36. The molecule has 146 valence electrons. The van der Waals surface area contributed by atoms with E-state index in [4.69, 9.17) is 4.52 Å². The van der Waals surface area contributed by atoms with Crippen LogP contribution in [0.4, 0.5) is 4.39 Å². The molecule has 1 aliphatic rings. The third kappa shape index (κ3) is 3.10. The first-order chi connectivity index (χ1) is 14.0. The number of pyridine rings is 1. The van der Waals surface area contributed by atoms with Crippen molar-refractivity contribution in [2.24, 2.45) is 0 Å². The average molecular weight is 391 g/mol. The fourth-order valence-electron chi connectivity index (χ4n) is 3.82. The van der Waals surface area contributed by atoms with E-state index in [0.717, 1.165) is 5.56 Å². The summed E-state index contributed by atoms with van der Waals surface area (Å²) in [6, 6.07) is 10.9. The second-order valence-corrected chi connectivity index (χ2v) is 7.54. The van der Waals surface area contributed by atoms with Gasteiger partial charge < -0.3 is 4.52 Å². The van der Waals surface area contributed by atoms with Crippen molar-refractivity contribution in [2.45, 2.75) is 37.9 Å². The highest BCUT2D eigenvalue weighted by atomic mass is 19.1. The number of rotatable bonds is 4. The van der Waals surface area contributed by atoms with E-state index in [0.29, 0.717) is 41.2 Å². The van der Waals surface area contributed by atoms with Crippen LogP contribution in [0.1, 0.15) is 41.6 Å². The highest BCUT2D eigenvalue weighted by Gasteiger charge is 2.48. The predicted molar refractivity (Wildman–Crippen MR) is 103 cm³/mol. The molecular weight excluding hydrogens is 373 g/mol. The molecule has 0 radical (unpaired) electrons. The number of aromatic nitrogens is 5. The number of fused-ring (bicyclic) bond motifs is 1. The van der Waals surface area contributed by atoms with Crippen molar-refractivity contribution in [3.8, 4) is 0 Å². The summed E-state index contributed by atoms with van der Waals surface area (Å²) in [5.41, 5.74) is 0.539. The van der Waals surface area contributed by atoms with Crippen molar-refractivity contribution < 1.29 is 8.91 Å². The Hall–Kier alpha value is -3.42. The van der Waals surface area contributed by atoms with Gasteiger partial charge in [-0.15, -0.1) is 0 Å². The maximum absolute atomic E-state index is 15.2. The Morgan fingerprint density at radius 2 is 2.10 bits per heavy atom. The molecule has 1 saturated carbocycles. The van der Waals surface area contributed by atoms with Crippen LogP contribution in [0, 0.1) is 6.92 Å². The molecule has 29 heavy (non-hydrogen) atoms. The first-order valence-electron chi connectivity index (χ1n) is 9.40. The molecule has 0 aliphatic heterocycles. The summed E-state index contributed by atoms with van der Waals surface area (Å²) in [5, 5.41) is 4.43. The van der Waals surface area contributed by atoms with Crippen LogP contribution in [0.3, 0.4) is 0 Å². The maximum Gasteiger partial charge on any atom is 0.263 e. The fourth-order valence-corrected chi connectivity index (χ4v) is 3.82. The van der Waals surface area contributed by atoms with Crippen molar-refractivity contribution in [1.82, 2.24) is 24.7 Å². The molecule has 0 amide bonds. The minimum Gasteiger partial charge on any atom is -0.337 e. The summed E-state index contributed by atoms with van der Waals surface area (Å²) in [7, 11) is 0. The summed E-state index contributed by atoms with van der Waals surface area (Å²) >= 11 is 0. The largest absolute Gasteiger partial charge is 0.337 e. The molecule has 1 fully saturated rings. The van der Waals surface area contributed by atoms with E-state index in [2.05, 4.69) is 20.1 Å². The van der Waals surface area contributed by atoms with E-state index in [9.17, 15) is 4.79 Å². The molecule has 0 bridgehead atoms. The molecule has 5 rings (SSSR count). The summed E-state index contributed by atoms with van der Waals surface area (Å²) in [5.74, 6) is 0.664. The van der Waals surface area contributed by atoms with E-state index in [1.165, 1.54) is 10.9 Å². The van der Waals surface area contributed by atoms with Gasteiger partial charge in [-0.3, -0.25) is 9.36 Å². The number of benzene rings is 1. The molecule has 4 aromatic rings. The van der Waals surface area contributed by atoms with Crippen LogP contribution in [0.5, 0.6) is 0 Å². The first kappa shape index (κ1) is 17.7. The van der Waals surface area contributed by atoms with Gasteiger partial charge in [-0.1, -0.05) is 35.0 Å². The van der Waals surface area contributed by atoms with Crippen LogP contribution >= 0.6 is 0 Å². The Morgan fingerprint density at radius 1 is 1.24 bits per heavy atom. The van der Waals surface area contributed by atoms with Gasteiger partial charge in [0.1, 0.15) is 18.5 Å². The highest BCUT2D eigenvalue weighted by Crippen LogP contribution is 2.53. The van der Waals surface area contributed by atoms with Gasteiger partial charge in [-0.05, 0) is 37.5 Å². The monoisotopic (exact) mass is 391 g/mol. The Kier molecular flexibility index (Phi) is 4.01. The van der Waals surface area contributed by atoms with Gasteiger partial charge >= 0.3 is 0 Å². The van der Waals surface area contributed by atoms with Gasteiger partial charge in [-0.25, -0.2) is 14.4 Å². The predicted octanol–water partition coefficient (Wildman–Crippen LogP) is 3.27. The fraction of sp³-hybridized carbons (Fsp3) is 0.286. The number of alkyl halides is 1. The Morgan fingerprint density at radius 3 is 2.93 bits per heavy atom. The molecule has 0 spiro atoms. The smallest absolute Gasteiger partial charge is 0.263 e. The van der Waals surface area contributed by atoms with Crippen molar-refractivity contribution in [3.05, 3.63) is 82.1 Å². The highest BCUT2D eigenvalue weighted by molar-refractivity contribution is 5.72.